The van der Waals surface area contributed by atoms with Crippen LogP contribution in [0.25, 0.3) is 0 Å². The Morgan fingerprint density at radius 3 is 2.87 bits per heavy atom. The van der Waals surface area contributed by atoms with Crippen molar-refractivity contribution in [2.24, 2.45) is 5.73 Å². The quantitative estimate of drug-likeness (QED) is 0.800. The van der Waals surface area contributed by atoms with E-state index < -0.39 is 0 Å². The van der Waals surface area contributed by atoms with Crippen molar-refractivity contribution in [1.82, 2.24) is 20.2 Å². The maximum absolute atomic E-state index is 5.45. The van der Waals surface area contributed by atoms with Crippen LogP contribution in [0.5, 0.6) is 0 Å². The van der Waals surface area contributed by atoms with Crippen LogP contribution in [0.15, 0.2) is 34.8 Å². The zero-order valence-electron chi connectivity index (χ0n) is 8.05. The number of hydrogen-bond donors (Lipinski definition) is 2. The fourth-order valence-electron chi connectivity index (χ4n) is 1.13. The molecule has 15 heavy (non-hydrogen) atoms. The third kappa shape index (κ3) is 2.77. The number of rotatable bonds is 4. The lowest BCUT2D eigenvalue weighted by atomic mass is 10.2. The highest BCUT2D eigenvalue weighted by Crippen LogP contribution is 2.21. The van der Waals surface area contributed by atoms with Gasteiger partial charge in [0.15, 0.2) is 5.16 Å². The zero-order chi connectivity index (χ0) is 10.5. The number of nitrogens with two attached hydrogens (primary N) is 1. The molecule has 0 aliphatic heterocycles. The van der Waals surface area contributed by atoms with Crippen molar-refractivity contribution in [2.45, 2.75) is 16.6 Å². The summed E-state index contributed by atoms with van der Waals surface area (Å²) < 4.78 is 0. The van der Waals surface area contributed by atoms with Crippen molar-refractivity contribution in [3.05, 3.63) is 30.2 Å². The van der Waals surface area contributed by atoms with E-state index in [-0.39, 0.29) is 0 Å². The molecule has 2 aromatic heterocycles. The first-order valence-corrected chi connectivity index (χ1v) is 5.38. The average Bonchev–Trinajstić information content (AvgIpc) is 2.74. The molecule has 3 N–H and O–H groups in total. The lowest BCUT2D eigenvalue weighted by molar-refractivity contribution is 0.939. The number of H-pyrrole nitrogens is 1. The highest BCUT2D eigenvalue weighted by molar-refractivity contribution is 7.99. The third-order valence-electron chi connectivity index (χ3n) is 1.82. The molecule has 78 valence electrons. The summed E-state index contributed by atoms with van der Waals surface area (Å²) in [5.74, 6) is 0. The van der Waals surface area contributed by atoms with Crippen LogP contribution in [0.3, 0.4) is 0 Å². The lowest BCUT2D eigenvalue weighted by Crippen LogP contribution is -2.02. The van der Waals surface area contributed by atoms with Crippen LogP contribution >= 0.6 is 11.8 Å². The van der Waals surface area contributed by atoms with Gasteiger partial charge in [-0.25, -0.2) is 9.97 Å². The van der Waals surface area contributed by atoms with Crippen molar-refractivity contribution >= 4 is 11.8 Å². The number of pyridine rings is 1. The Kier molecular flexibility index (Phi) is 3.31. The molecule has 2 heterocycles. The summed E-state index contributed by atoms with van der Waals surface area (Å²) in [6, 6.07) is 3.98. The first kappa shape index (κ1) is 10.1. The summed E-state index contributed by atoms with van der Waals surface area (Å²) in [4.78, 5) is 8.30. The Balaban J connectivity index is 2.04. The largest absolute Gasteiger partial charge is 0.330 e. The van der Waals surface area contributed by atoms with Gasteiger partial charge in [0.05, 0.1) is 0 Å². The zero-order valence-corrected chi connectivity index (χ0v) is 8.87. The summed E-state index contributed by atoms with van der Waals surface area (Å²) in [6.07, 6.45) is 4.18. The van der Waals surface area contributed by atoms with Gasteiger partial charge in [0, 0.05) is 6.20 Å². The fourth-order valence-corrected chi connectivity index (χ4v) is 1.77. The van der Waals surface area contributed by atoms with Gasteiger partial charge in [-0.2, -0.15) is 5.10 Å². The molecule has 0 aliphatic rings. The summed E-state index contributed by atoms with van der Waals surface area (Å²) >= 11 is 1.45. The molecule has 0 spiro atoms. The van der Waals surface area contributed by atoms with Gasteiger partial charge in [0.2, 0.25) is 0 Å². The summed E-state index contributed by atoms with van der Waals surface area (Å²) in [5.41, 5.74) is 6.60. The average molecular weight is 221 g/mol. The number of hydrogen-bond acceptors (Lipinski definition) is 5. The van der Waals surface area contributed by atoms with E-state index >= 15 is 0 Å². The molecule has 2 aromatic rings. The molecule has 0 bridgehead atoms. The van der Waals surface area contributed by atoms with Gasteiger partial charge in [-0.05, 0) is 36.4 Å². The monoisotopic (exact) mass is 221 g/mol. The third-order valence-corrected chi connectivity index (χ3v) is 2.67. The standard InChI is InChI=1S/C9H11N5S/c10-4-3-7-1-2-8(11-5-7)15-9-12-6-13-14-9/h1-2,5-6H,3-4,10H2,(H,12,13,14). The smallest absolute Gasteiger partial charge is 0.189 e. The Morgan fingerprint density at radius 2 is 2.27 bits per heavy atom. The fraction of sp³-hybridized carbons (Fsp3) is 0.222. The Labute approximate surface area is 91.5 Å². The van der Waals surface area contributed by atoms with E-state index in [1.54, 1.807) is 0 Å². The van der Waals surface area contributed by atoms with Crippen LogP contribution in [0.2, 0.25) is 0 Å². The molecule has 0 saturated heterocycles. The summed E-state index contributed by atoms with van der Waals surface area (Å²) in [7, 11) is 0. The molecule has 6 heteroatoms. The van der Waals surface area contributed by atoms with Gasteiger partial charge in [0.1, 0.15) is 11.4 Å². The van der Waals surface area contributed by atoms with Crippen LogP contribution in [0.1, 0.15) is 5.56 Å². The second-order valence-electron chi connectivity index (χ2n) is 2.94. The van der Waals surface area contributed by atoms with Crippen molar-refractivity contribution in [1.29, 1.82) is 0 Å². The molecule has 0 radical (unpaired) electrons. The Morgan fingerprint density at radius 1 is 1.33 bits per heavy atom. The first-order valence-electron chi connectivity index (χ1n) is 4.56. The molecular weight excluding hydrogens is 210 g/mol. The van der Waals surface area contributed by atoms with Crippen LogP contribution in [-0.2, 0) is 6.42 Å². The molecule has 0 aliphatic carbocycles. The van der Waals surface area contributed by atoms with Crippen molar-refractivity contribution in [3.8, 4) is 0 Å². The summed E-state index contributed by atoms with van der Waals surface area (Å²) in [5, 5.41) is 8.17. The number of aromatic nitrogens is 4. The Hall–Kier alpha value is -1.40. The normalized spacial score (nSPS) is 10.5. The highest BCUT2D eigenvalue weighted by Gasteiger charge is 2.00. The van der Waals surface area contributed by atoms with Crippen LogP contribution in [-0.4, -0.2) is 26.7 Å². The van der Waals surface area contributed by atoms with Crippen molar-refractivity contribution in [3.63, 3.8) is 0 Å². The van der Waals surface area contributed by atoms with E-state index in [2.05, 4.69) is 20.2 Å². The lowest BCUT2D eigenvalue weighted by Gasteiger charge is -1.99. The van der Waals surface area contributed by atoms with E-state index in [0.29, 0.717) is 6.54 Å². The Bertz CT molecular complexity index is 397. The van der Waals surface area contributed by atoms with Crippen LogP contribution in [0.4, 0.5) is 0 Å². The minimum absolute atomic E-state index is 0.649. The second-order valence-corrected chi connectivity index (χ2v) is 3.95. The van der Waals surface area contributed by atoms with Gasteiger partial charge in [-0.3, -0.25) is 5.10 Å². The molecule has 2 rings (SSSR count). The van der Waals surface area contributed by atoms with Gasteiger partial charge in [-0.1, -0.05) is 6.07 Å². The van der Waals surface area contributed by atoms with E-state index in [1.807, 2.05) is 18.3 Å². The van der Waals surface area contributed by atoms with Crippen molar-refractivity contribution < 1.29 is 0 Å². The highest BCUT2D eigenvalue weighted by atomic mass is 32.2. The van der Waals surface area contributed by atoms with Crippen molar-refractivity contribution in [2.75, 3.05) is 6.54 Å². The molecule has 0 aromatic carbocycles. The second kappa shape index (κ2) is 4.90. The maximum atomic E-state index is 5.45. The summed E-state index contributed by atoms with van der Waals surface area (Å²) in [6.45, 7) is 0.649. The number of nitrogens with one attached hydrogen (secondary N) is 1. The molecule has 0 unspecified atom stereocenters. The maximum Gasteiger partial charge on any atom is 0.189 e. The molecule has 0 atom stereocenters. The van der Waals surface area contributed by atoms with E-state index in [1.165, 1.54) is 18.1 Å². The topological polar surface area (TPSA) is 80.5 Å². The predicted octanol–water partition coefficient (Wildman–Crippen LogP) is 0.852. The molecule has 0 fully saturated rings. The van der Waals surface area contributed by atoms with Crippen LogP contribution < -0.4 is 5.73 Å². The van der Waals surface area contributed by atoms with Gasteiger partial charge < -0.3 is 5.73 Å². The van der Waals surface area contributed by atoms with Gasteiger partial charge in [-0.15, -0.1) is 0 Å². The van der Waals surface area contributed by atoms with Crippen LogP contribution in [0, 0.1) is 0 Å². The van der Waals surface area contributed by atoms with E-state index in [9.17, 15) is 0 Å². The first-order chi connectivity index (χ1) is 7.38. The molecule has 5 nitrogen and oxygen atoms in total. The molecular formula is C9H11N5S. The van der Waals surface area contributed by atoms with Gasteiger partial charge >= 0.3 is 0 Å². The van der Waals surface area contributed by atoms with Gasteiger partial charge in [0.25, 0.3) is 0 Å². The minimum atomic E-state index is 0.649. The van der Waals surface area contributed by atoms with E-state index in [4.69, 9.17) is 5.73 Å². The van der Waals surface area contributed by atoms with E-state index in [0.717, 1.165) is 22.2 Å². The predicted molar refractivity (Wildman–Crippen MR) is 57.5 cm³/mol. The molecule has 0 saturated carbocycles. The molecule has 0 amide bonds. The minimum Gasteiger partial charge on any atom is -0.330 e. The number of aromatic amines is 1. The SMILES string of the molecule is NCCc1ccc(Sc2ncn[nH]2)nc1. The number of nitrogens with zero attached hydrogens (tertiary/aromatic N) is 3.